The van der Waals surface area contributed by atoms with E-state index < -0.39 is 17.7 Å². The lowest BCUT2D eigenvalue weighted by Crippen LogP contribution is -2.54. The first-order valence-electron chi connectivity index (χ1n) is 13.6. The summed E-state index contributed by atoms with van der Waals surface area (Å²) >= 11 is 0. The molecule has 2 fully saturated rings. The topological polar surface area (TPSA) is 109 Å². The number of carbonyl (C=O) groups is 2. The van der Waals surface area contributed by atoms with Crippen LogP contribution in [0, 0.1) is 11.6 Å². The van der Waals surface area contributed by atoms with Crippen molar-refractivity contribution in [2.75, 3.05) is 26.2 Å². The van der Waals surface area contributed by atoms with Gasteiger partial charge in [-0.2, -0.15) is 0 Å². The molecule has 3 aromatic rings. The third-order valence-electron chi connectivity index (χ3n) is 7.61. The average Bonchev–Trinajstić information content (AvgIpc) is 3.38. The number of piperazine rings is 1. The Morgan fingerprint density at radius 2 is 1.85 bits per heavy atom. The third-order valence-corrected chi connectivity index (χ3v) is 7.61. The van der Waals surface area contributed by atoms with Gasteiger partial charge in [-0.15, -0.1) is 0 Å². The Balaban J connectivity index is 1.40. The van der Waals surface area contributed by atoms with Crippen molar-refractivity contribution in [1.82, 2.24) is 25.1 Å². The molecule has 0 spiro atoms. The Kier molecular flexibility index (Phi) is 8.59. The maximum absolute atomic E-state index is 14.1. The monoisotopic (exact) mass is 553 g/mol. The van der Waals surface area contributed by atoms with Gasteiger partial charge in [0.15, 0.2) is 5.69 Å². The summed E-state index contributed by atoms with van der Waals surface area (Å²) in [5, 5.41) is 15.4. The standard InChI is InChI=1S/C29H33F2N5O4/c30-20-14-21(31)16-23(15-20)40-13-10-22-17-32-11-12-35(22)28(37)26-27(19-6-2-1-3-7-19)36(18-33-26)25-9-5-4-8-24(25)34-29(38)39/h1-3,6-7,14-16,18,22,24-25,32,34H,4-5,8-13,17H2,(H,38,39)/t22-,24+,25+/m1/s1. The molecule has 11 heteroatoms. The molecule has 3 N–H and O–H groups in total. The van der Waals surface area contributed by atoms with Crippen LogP contribution in [0.1, 0.15) is 48.6 Å². The molecule has 40 heavy (non-hydrogen) atoms. The Hall–Kier alpha value is -3.99. The van der Waals surface area contributed by atoms with E-state index in [0.717, 1.165) is 43.0 Å². The lowest BCUT2D eigenvalue weighted by Gasteiger charge is -2.36. The van der Waals surface area contributed by atoms with Crippen LogP contribution >= 0.6 is 0 Å². The summed E-state index contributed by atoms with van der Waals surface area (Å²) in [6, 6.07) is 11.9. The van der Waals surface area contributed by atoms with Gasteiger partial charge < -0.3 is 29.9 Å². The number of benzene rings is 2. The second-order valence-electron chi connectivity index (χ2n) is 10.2. The molecule has 2 aliphatic rings. The molecule has 1 saturated carbocycles. The summed E-state index contributed by atoms with van der Waals surface area (Å²) < 4.78 is 34.6. The molecule has 2 heterocycles. The molecule has 9 nitrogen and oxygen atoms in total. The van der Waals surface area contributed by atoms with E-state index in [2.05, 4.69) is 15.6 Å². The predicted octanol–water partition coefficient (Wildman–Crippen LogP) is 4.46. The Morgan fingerprint density at radius 1 is 1.10 bits per heavy atom. The molecule has 1 aliphatic heterocycles. The number of nitrogens with zero attached hydrogens (tertiary/aromatic N) is 3. The first-order valence-corrected chi connectivity index (χ1v) is 13.6. The minimum absolute atomic E-state index is 0.0984. The van der Waals surface area contributed by atoms with Crippen molar-refractivity contribution in [3.05, 3.63) is 72.2 Å². The van der Waals surface area contributed by atoms with Gasteiger partial charge in [-0.3, -0.25) is 4.79 Å². The van der Waals surface area contributed by atoms with Gasteiger partial charge in [-0.1, -0.05) is 43.2 Å². The summed E-state index contributed by atoms with van der Waals surface area (Å²) in [5.74, 6) is -1.55. The number of rotatable bonds is 8. The maximum Gasteiger partial charge on any atom is 0.404 e. The van der Waals surface area contributed by atoms with Crippen molar-refractivity contribution in [3.8, 4) is 17.0 Å². The molecule has 212 valence electrons. The van der Waals surface area contributed by atoms with Crippen LogP contribution in [0.15, 0.2) is 54.9 Å². The second kappa shape index (κ2) is 12.5. The highest BCUT2D eigenvalue weighted by atomic mass is 19.1. The molecule has 5 rings (SSSR count). The van der Waals surface area contributed by atoms with Gasteiger partial charge in [0.1, 0.15) is 17.4 Å². The molecular formula is C29H33F2N5O4. The van der Waals surface area contributed by atoms with Gasteiger partial charge in [0.25, 0.3) is 5.91 Å². The smallest absolute Gasteiger partial charge is 0.404 e. The van der Waals surface area contributed by atoms with Crippen molar-refractivity contribution >= 4 is 12.0 Å². The molecule has 1 aliphatic carbocycles. The number of ether oxygens (including phenoxy) is 1. The predicted molar refractivity (Wildman–Crippen MR) is 144 cm³/mol. The maximum atomic E-state index is 14.1. The largest absolute Gasteiger partial charge is 0.493 e. The number of carbonyl (C=O) groups excluding carboxylic acids is 1. The molecule has 3 atom stereocenters. The summed E-state index contributed by atoms with van der Waals surface area (Å²) in [7, 11) is 0. The Bertz CT molecular complexity index is 1310. The number of halogens is 2. The fourth-order valence-electron chi connectivity index (χ4n) is 5.77. The van der Waals surface area contributed by atoms with E-state index in [-0.39, 0.29) is 36.4 Å². The highest BCUT2D eigenvalue weighted by Gasteiger charge is 2.35. The van der Waals surface area contributed by atoms with E-state index in [4.69, 9.17) is 4.74 Å². The zero-order chi connectivity index (χ0) is 28.1. The van der Waals surface area contributed by atoms with E-state index in [9.17, 15) is 23.5 Å². The van der Waals surface area contributed by atoms with Gasteiger partial charge in [0.2, 0.25) is 0 Å². The Labute approximate surface area is 231 Å². The van der Waals surface area contributed by atoms with E-state index in [1.807, 2.05) is 34.9 Å². The first-order chi connectivity index (χ1) is 19.4. The molecule has 2 aromatic carbocycles. The summed E-state index contributed by atoms with van der Waals surface area (Å²) in [6.45, 7) is 1.80. The van der Waals surface area contributed by atoms with Crippen LogP contribution in [0.4, 0.5) is 13.6 Å². The van der Waals surface area contributed by atoms with E-state index in [0.29, 0.717) is 43.9 Å². The van der Waals surface area contributed by atoms with E-state index >= 15 is 0 Å². The van der Waals surface area contributed by atoms with Crippen molar-refractivity contribution < 1.29 is 28.2 Å². The Morgan fingerprint density at radius 3 is 2.60 bits per heavy atom. The summed E-state index contributed by atoms with van der Waals surface area (Å²) in [5.41, 5.74) is 1.80. The van der Waals surface area contributed by atoms with Crippen LogP contribution in [-0.4, -0.2) is 69.9 Å². The van der Waals surface area contributed by atoms with Crippen LogP contribution in [-0.2, 0) is 0 Å². The summed E-state index contributed by atoms with van der Waals surface area (Å²) in [6.07, 6.45) is 4.39. The SMILES string of the molecule is O=C(O)N[C@H]1CCCC[C@@H]1n1cnc(C(=O)N2CCNC[C@H]2CCOc2cc(F)cc(F)c2)c1-c1ccccc1. The molecule has 2 amide bonds. The fraction of sp³-hybridized carbons (Fsp3) is 0.414. The lowest BCUT2D eigenvalue weighted by atomic mass is 9.89. The van der Waals surface area contributed by atoms with Gasteiger partial charge in [0.05, 0.1) is 30.7 Å². The van der Waals surface area contributed by atoms with Gasteiger partial charge in [-0.05, 0) is 12.8 Å². The molecule has 1 aromatic heterocycles. The molecule has 1 saturated heterocycles. The number of carboxylic acid groups (broad SMARTS) is 1. The lowest BCUT2D eigenvalue weighted by molar-refractivity contribution is 0.0601. The van der Waals surface area contributed by atoms with Crippen molar-refractivity contribution in [2.24, 2.45) is 0 Å². The fourth-order valence-corrected chi connectivity index (χ4v) is 5.77. The van der Waals surface area contributed by atoms with Crippen LogP contribution in [0.5, 0.6) is 5.75 Å². The highest BCUT2D eigenvalue weighted by molar-refractivity contribution is 5.98. The van der Waals surface area contributed by atoms with Crippen LogP contribution in [0.25, 0.3) is 11.3 Å². The van der Waals surface area contributed by atoms with Crippen molar-refractivity contribution in [2.45, 2.75) is 50.2 Å². The summed E-state index contributed by atoms with van der Waals surface area (Å²) in [4.78, 5) is 31.9. The second-order valence-corrected chi connectivity index (χ2v) is 10.2. The number of imidazole rings is 1. The van der Waals surface area contributed by atoms with Gasteiger partial charge >= 0.3 is 6.09 Å². The van der Waals surface area contributed by atoms with E-state index in [1.165, 1.54) is 0 Å². The number of aromatic nitrogens is 2. The minimum Gasteiger partial charge on any atom is -0.493 e. The quantitative estimate of drug-likeness (QED) is 0.380. The first kappa shape index (κ1) is 27.6. The van der Waals surface area contributed by atoms with Crippen LogP contribution < -0.4 is 15.4 Å². The zero-order valence-corrected chi connectivity index (χ0v) is 22.1. The molecular weight excluding hydrogens is 520 g/mol. The number of nitrogens with one attached hydrogen (secondary N) is 2. The van der Waals surface area contributed by atoms with Crippen molar-refractivity contribution in [3.63, 3.8) is 0 Å². The van der Waals surface area contributed by atoms with Gasteiger partial charge in [-0.25, -0.2) is 18.6 Å². The molecule has 0 bridgehead atoms. The van der Waals surface area contributed by atoms with Gasteiger partial charge in [0, 0.05) is 55.9 Å². The normalized spacial score (nSPS) is 21.1. The van der Waals surface area contributed by atoms with Crippen molar-refractivity contribution in [1.29, 1.82) is 0 Å². The van der Waals surface area contributed by atoms with E-state index in [1.54, 1.807) is 11.2 Å². The number of hydrogen-bond donors (Lipinski definition) is 3. The minimum atomic E-state index is -1.07. The number of amides is 2. The third kappa shape index (κ3) is 6.25. The van der Waals surface area contributed by atoms with Crippen LogP contribution in [0.3, 0.4) is 0 Å². The average molecular weight is 554 g/mol. The van der Waals surface area contributed by atoms with Crippen LogP contribution in [0.2, 0.25) is 0 Å². The molecule has 0 radical (unpaired) electrons. The zero-order valence-electron chi connectivity index (χ0n) is 22.1. The number of hydrogen-bond acceptors (Lipinski definition) is 5. The molecule has 0 unspecified atom stereocenters. The highest BCUT2D eigenvalue weighted by Crippen LogP contribution is 2.35.